The molecule has 0 atom stereocenters. The van der Waals surface area contributed by atoms with E-state index in [2.05, 4.69) is 0 Å². The molecule has 0 saturated carbocycles. The second-order valence-electron chi connectivity index (χ2n) is 6.09. The Hall–Kier alpha value is -1.59. The van der Waals surface area contributed by atoms with Crippen molar-refractivity contribution in [2.45, 2.75) is 45.3 Å². The van der Waals surface area contributed by atoms with Gasteiger partial charge in [-0.15, -0.1) is 0 Å². The van der Waals surface area contributed by atoms with Gasteiger partial charge >= 0.3 is 6.09 Å². The first-order chi connectivity index (χ1) is 8.76. The van der Waals surface area contributed by atoms with Crippen molar-refractivity contribution in [3.63, 3.8) is 0 Å². The normalized spacial score (nSPS) is 21.4. The van der Waals surface area contributed by atoms with E-state index in [0.29, 0.717) is 26.1 Å². The number of carbonyl (C=O) groups excluding carboxylic acids is 3. The molecular weight excluding hydrogens is 248 g/mol. The molecule has 6 heteroatoms. The van der Waals surface area contributed by atoms with Crippen LogP contribution in [0.3, 0.4) is 0 Å². The van der Waals surface area contributed by atoms with Gasteiger partial charge in [-0.25, -0.2) is 4.79 Å². The first-order valence-corrected chi connectivity index (χ1v) is 6.55. The zero-order chi connectivity index (χ0) is 14.2. The number of ether oxygens (including phenoxy) is 1. The van der Waals surface area contributed by atoms with Gasteiger partial charge in [0.2, 0.25) is 5.91 Å². The van der Waals surface area contributed by atoms with E-state index in [-0.39, 0.29) is 30.2 Å². The van der Waals surface area contributed by atoms with Gasteiger partial charge in [-0.1, -0.05) is 0 Å². The first kappa shape index (κ1) is 13.8. The van der Waals surface area contributed by atoms with Gasteiger partial charge in [0.1, 0.15) is 11.4 Å². The van der Waals surface area contributed by atoms with Gasteiger partial charge in [-0.2, -0.15) is 0 Å². The molecule has 2 rings (SSSR count). The summed E-state index contributed by atoms with van der Waals surface area (Å²) in [6, 6.07) is 0.0353. The van der Waals surface area contributed by atoms with Crippen LogP contribution < -0.4 is 0 Å². The summed E-state index contributed by atoms with van der Waals surface area (Å²) in [6.07, 6.45) is 0.0849. The summed E-state index contributed by atoms with van der Waals surface area (Å²) in [5, 5.41) is 0. The molecule has 0 bridgehead atoms. The molecule has 19 heavy (non-hydrogen) atoms. The van der Waals surface area contributed by atoms with Gasteiger partial charge in [0.15, 0.2) is 0 Å². The summed E-state index contributed by atoms with van der Waals surface area (Å²) in [5.41, 5.74) is -0.504. The van der Waals surface area contributed by atoms with Crippen molar-refractivity contribution in [1.29, 1.82) is 0 Å². The average Bonchev–Trinajstić information content (AvgIpc) is 2.16. The molecule has 0 aromatic carbocycles. The average molecular weight is 268 g/mol. The fourth-order valence-electron chi connectivity index (χ4n) is 2.24. The summed E-state index contributed by atoms with van der Waals surface area (Å²) in [7, 11) is 0. The molecule has 0 aliphatic carbocycles. The Bertz CT molecular complexity index is 407. The molecule has 106 valence electrons. The lowest BCUT2D eigenvalue weighted by Crippen LogP contribution is -2.64. The highest BCUT2D eigenvalue weighted by Crippen LogP contribution is 2.21. The number of nitrogens with zero attached hydrogens (tertiary/aromatic N) is 2. The fourth-order valence-corrected chi connectivity index (χ4v) is 2.24. The molecule has 0 spiro atoms. The minimum Gasteiger partial charge on any atom is -0.444 e. The van der Waals surface area contributed by atoms with E-state index in [4.69, 9.17) is 4.74 Å². The van der Waals surface area contributed by atoms with Gasteiger partial charge in [0, 0.05) is 26.1 Å². The minimum absolute atomic E-state index is 0.00291. The molecular formula is C13H20N2O4. The van der Waals surface area contributed by atoms with E-state index in [9.17, 15) is 14.4 Å². The Labute approximate surface area is 112 Å². The Kier molecular flexibility index (Phi) is 3.52. The lowest BCUT2D eigenvalue weighted by molar-refractivity contribution is -0.144. The number of likely N-dealkylation sites (tertiary alicyclic amines) is 2. The quantitative estimate of drug-likeness (QED) is 0.660. The second kappa shape index (κ2) is 4.83. The van der Waals surface area contributed by atoms with Crippen molar-refractivity contribution >= 4 is 17.8 Å². The van der Waals surface area contributed by atoms with Gasteiger partial charge in [0.05, 0.1) is 12.5 Å². The lowest BCUT2D eigenvalue weighted by atomic mass is 10.0. The van der Waals surface area contributed by atoms with E-state index >= 15 is 0 Å². The Morgan fingerprint density at radius 2 is 1.89 bits per heavy atom. The highest BCUT2D eigenvalue weighted by Gasteiger charge is 2.40. The summed E-state index contributed by atoms with van der Waals surface area (Å²) in [4.78, 5) is 37.9. The molecule has 0 N–H and O–H groups in total. The smallest absolute Gasteiger partial charge is 0.410 e. The molecule has 2 fully saturated rings. The maximum absolute atomic E-state index is 11.7. The van der Waals surface area contributed by atoms with Crippen LogP contribution in [0, 0.1) is 0 Å². The topological polar surface area (TPSA) is 66.9 Å². The van der Waals surface area contributed by atoms with Crippen LogP contribution in [0.1, 0.15) is 33.6 Å². The Morgan fingerprint density at radius 3 is 2.42 bits per heavy atom. The molecule has 2 heterocycles. The number of rotatable bonds is 1. The monoisotopic (exact) mass is 268 g/mol. The molecule has 0 unspecified atom stereocenters. The number of piperidine rings is 1. The van der Waals surface area contributed by atoms with Gasteiger partial charge in [0.25, 0.3) is 0 Å². The van der Waals surface area contributed by atoms with Gasteiger partial charge in [-0.3, -0.25) is 9.59 Å². The number of hydrogen-bond acceptors (Lipinski definition) is 4. The number of ketones is 1. The number of amides is 2. The van der Waals surface area contributed by atoms with Crippen molar-refractivity contribution in [3.8, 4) is 0 Å². The van der Waals surface area contributed by atoms with E-state index < -0.39 is 5.60 Å². The fraction of sp³-hybridized carbons (Fsp3) is 0.769. The van der Waals surface area contributed by atoms with Crippen LogP contribution >= 0.6 is 0 Å². The minimum atomic E-state index is -0.504. The summed E-state index contributed by atoms with van der Waals surface area (Å²) in [5.74, 6) is -0.116. The van der Waals surface area contributed by atoms with Crippen LogP contribution in [-0.2, 0) is 14.3 Å². The molecule has 6 nitrogen and oxygen atoms in total. The predicted octanol–water partition coefficient (Wildman–Crippen LogP) is 0.797. The predicted molar refractivity (Wildman–Crippen MR) is 67.5 cm³/mol. The van der Waals surface area contributed by atoms with Crippen molar-refractivity contribution < 1.29 is 19.1 Å². The van der Waals surface area contributed by atoms with E-state index in [1.807, 2.05) is 20.8 Å². The van der Waals surface area contributed by atoms with E-state index in [0.717, 1.165) is 0 Å². The maximum Gasteiger partial charge on any atom is 0.410 e. The van der Waals surface area contributed by atoms with Crippen molar-refractivity contribution in [3.05, 3.63) is 0 Å². The maximum atomic E-state index is 11.7. The van der Waals surface area contributed by atoms with Crippen LogP contribution in [0.25, 0.3) is 0 Å². The summed E-state index contributed by atoms with van der Waals surface area (Å²) >= 11 is 0. The van der Waals surface area contributed by atoms with Crippen LogP contribution in [0.5, 0.6) is 0 Å². The molecule has 0 aromatic rings. The third-order valence-corrected chi connectivity index (χ3v) is 3.26. The molecule has 0 radical (unpaired) electrons. The van der Waals surface area contributed by atoms with E-state index in [1.165, 1.54) is 0 Å². The van der Waals surface area contributed by atoms with Gasteiger partial charge < -0.3 is 14.5 Å². The largest absolute Gasteiger partial charge is 0.444 e. The third kappa shape index (κ3) is 3.24. The highest BCUT2D eigenvalue weighted by atomic mass is 16.6. The zero-order valence-electron chi connectivity index (χ0n) is 11.6. The first-order valence-electron chi connectivity index (χ1n) is 6.55. The second-order valence-corrected chi connectivity index (χ2v) is 6.09. The van der Waals surface area contributed by atoms with Crippen LogP contribution in [0.2, 0.25) is 0 Å². The van der Waals surface area contributed by atoms with E-state index in [1.54, 1.807) is 9.80 Å². The molecule has 2 amide bonds. The number of carbonyl (C=O) groups is 3. The summed E-state index contributed by atoms with van der Waals surface area (Å²) in [6.45, 7) is 6.93. The lowest BCUT2D eigenvalue weighted by Gasteiger charge is -2.46. The Morgan fingerprint density at radius 1 is 1.26 bits per heavy atom. The molecule has 2 saturated heterocycles. The van der Waals surface area contributed by atoms with Gasteiger partial charge in [-0.05, 0) is 20.8 Å². The van der Waals surface area contributed by atoms with Crippen molar-refractivity contribution in [2.75, 3.05) is 19.6 Å². The molecule has 2 aliphatic rings. The van der Waals surface area contributed by atoms with Crippen molar-refractivity contribution in [1.82, 2.24) is 9.80 Å². The molecule has 2 aliphatic heterocycles. The SMILES string of the molecule is CC(C)(C)OC(=O)N1CC(N2CCC(=O)CC2=O)C1. The Balaban J connectivity index is 1.81. The summed E-state index contributed by atoms with van der Waals surface area (Å²) < 4.78 is 5.25. The third-order valence-electron chi connectivity index (χ3n) is 3.26. The standard InChI is InChI=1S/C13H20N2O4/c1-13(2,3)19-12(18)14-7-9(8-14)15-5-4-10(16)6-11(15)17/h9H,4-8H2,1-3H3. The van der Waals surface area contributed by atoms with Crippen LogP contribution in [0.15, 0.2) is 0 Å². The highest BCUT2D eigenvalue weighted by molar-refractivity contribution is 6.00. The van der Waals surface area contributed by atoms with Crippen LogP contribution in [0.4, 0.5) is 4.79 Å². The zero-order valence-corrected chi connectivity index (χ0v) is 11.6. The number of Topliss-reactive ketones (excluding diaryl/α,β-unsaturated/α-hetero) is 1. The van der Waals surface area contributed by atoms with Crippen molar-refractivity contribution in [2.24, 2.45) is 0 Å². The number of hydrogen-bond donors (Lipinski definition) is 0. The molecule has 0 aromatic heterocycles. The van der Waals surface area contributed by atoms with Crippen LogP contribution in [-0.4, -0.2) is 58.9 Å².